The summed E-state index contributed by atoms with van der Waals surface area (Å²) < 4.78 is 18.2. The van der Waals surface area contributed by atoms with Gasteiger partial charge >= 0.3 is 0 Å². The third kappa shape index (κ3) is 3.08. The van der Waals surface area contributed by atoms with Crippen LogP contribution in [0.5, 0.6) is 11.5 Å². The Bertz CT molecular complexity index is 552. The lowest BCUT2D eigenvalue weighted by atomic mass is 10.1. The highest BCUT2D eigenvalue weighted by atomic mass is 35.5. The molecule has 0 aromatic heterocycles. The van der Waals surface area contributed by atoms with Crippen LogP contribution in [-0.2, 0) is 0 Å². The normalized spacial score (nSPS) is 10.1. The summed E-state index contributed by atoms with van der Waals surface area (Å²) in [7, 11) is 0. The van der Waals surface area contributed by atoms with Crippen molar-refractivity contribution in [2.45, 2.75) is 0 Å². The topological polar surface area (TPSA) is 26.3 Å². The highest BCUT2D eigenvalue weighted by molar-refractivity contribution is 6.30. The van der Waals surface area contributed by atoms with Crippen molar-refractivity contribution in [3.63, 3.8) is 0 Å². The fourth-order valence-corrected chi connectivity index (χ4v) is 1.60. The molecule has 0 fully saturated rings. The van der Waals surface area contributed by atoms with Crippen LogP contribution < -0.4 is 4.74 Å². The van der Waals surface area contributed by atoms with Gasteiger partial charge in [-0.05, 0) is 36.4 Å². The highest BCUT2D eigenvalue weighted by Crippen LogP contribution is 2.22. The van der Waals surface area contributed by atoms with Crippen LogP contribution in [0.2, 0.25) is 0 Å². The van der Waals surface area contributed by atoms with Crippen molar-refractivity contribution in [2.24, 2.45) is 0 Å². The molecule has 0 N–H and O–H groups in total. The lowest BCUT2D eigenvalue weighted by Gasteiger charge is -2.06. The fraction of sp³-hybridized carbons (Fsp3) is 0.0714. The molecule has 0 saturated carbocycles. The zero-order valence-electron chi connectivity index (χ0n) is 9.40. The number of Topliss-reactive ketones (excluding diaryl/α,β-unsaturated/α-hetero) is 1. The number of halogens is 2. The third-order valence-corrected chi connectivity index (χ3v) is 2.57. The standard InChI is InChI=1S/C14H10ClFO2/c15-9-14(17)10-2-1-3-13(8-10)18-12-6-4-11(16)5-7-12/h1-8H,9H2. The molecule has 0 saturated heterocycles. The summed E-state index contributed by atoms with van der Waals surface area (Å²) in [6.07, 6.45) is 0. The number of ketones is 1. The lowest BCUT2D eigenvalue weighted by molar-refractivity contribution is 0.102. The van der Waals surface area contributed by atoms with Gasteiger partial charge in [0.2, 0.25) is 0 Å². The Morgan fingerprint density at radius 3 is 2.50 bits per heavy atom. The molecule has 0 atom stereocenters. The number of alkyl halides is 1. The van der Waals surface area contributed by atoms with E-state index in [0.29, 0.717) is 17.1 Å². The Morgan fingerprint density at radius 1 is 1.11 bits per heavy atom. The molecule has 2 nitrogen and oxygen atoms in total. The Labute approximate surface area is 109 Å². The predicted octanol–water partition coefficient (Wildman–Crippen LogP) is 4.04. The van der Waals surface area contributed by atoms with E-state index in [2.05, 4.69) is 0 Å². The number of hydrogen-bond acceptors (Lipinski definition) is 2. The molecule has 0 radical (unpaired) electrons. The van der Waals surface area contributed by atoms with Crippen LogP contribution in [0.4, 0.5) is 4.39 Å². The van der Waals surface area contributed by atoms with Crippen molar-refractivity contribution in [1.82, 2.24) is 0 Å². The first-order valence-electron chi connectivity index (χ1n) is 5.31. The molecule has 0 unspecified atom stereocenters. The van der Waals surface area contributed by atoms with Gasteiger partial charge in [0.15, 0.2) is 5.78 Å². The number of rotatable bonds is 4. The van der Waals surface area contributed by atoms with Gasteiger partial charge in [-0.2, -0.15) is 0 Å². The maximum Gasteiger partial charge on any atom is 0.177 e. The van der Waals surface area contributed by atoms with Crippen LogP contribution in [0.25, 0.3) is 0 Å². The molecule has 0 aliphatic heterocycles. The van der Waals surface area contributed by atoms with Gasteiger partial charge in [0.1, 0.15) is 17.3 Å². The Morgan fingerprint density at radius 2 is 1.83 bits per heavy atom. The molecule has 2 rings (SSSR count). The largest absolute Gasteiger partial charge is 0.457 e. The van der Waals surface area contributed by atoms with E-state index in [0.717, 1.165) is 0 Å². The van der Waals surface area contributed by atoms with Crippen molar-refractivity contribution in [3.8, 4) is 11.5 Å². The van der Waals surface area contributed by atoms with Crippen molar-refractivity contribution >= 4 is 17.4 Å². The first kappa shape index (κ1) is 12.6. The van der Waals surface area contributed by atoms with Crippen molar-refractivity contribution < 1.29 is 13.9 Å². The van der Waals surface area contributed by atoms with Gasteiger partial charge in [0.25, 0.3) is 0 Å². The smallest absolute Gasteiger partial charge is 0.177 e. The van der Waals surface area contributed by atoms with Crippen LogP contribution in [-0.4, -0.2) is 11.7 Å². The number of carbonyl (C=O) groups excluding carboxylic acids is 1. The van der Waals surface area contributed by atoms with E-state index in [1.54, 1.807) is 24.3 Å². The quantitative estimate of drug-likeness (QED) is 0.615. The molecule has 0 aliphatic rings. The zero-order valence-corrected chi connectivity index (χ0v) is 10.2. The molecular formula is C14H10ClFO2. The van der Waals surface area contributed by atoms with Crippen LogP contribution >= 0.6 is 11.6 Å². The first-order chi connectivity index (χ1) is 8.69. The van der Waals surface area contributed by atoms with E-state index in [4.69, 9.17) is 16.3 Å². The molecule has 2 aromatic rings. The third-order valence-electron chi connectivity index (χ3n) is 2.33. The van der Waals surface area contributed by atoms with Gasteiger partial charge in [-0.15, -0.1) is 11.6 Å². The molecule has 4 heteroatoms. The fourth-order valence-electron chi connectivity index (χ4n) is 1.45. The second-order valence-corrected chi connectivity index (χ2v) is 3.91. The molecule has 0 aliphatic carbocycles. The van der Waals surface area contributed by atoms with Gasteiger partial charge in [0.05, 0.1) is 5.88 Å². The summed E-state index contributed by atoms with van der Waals surface area (Å²) in [6.45, 7) is 0. The van der Waals surface area contributed by atoms with Crippen LogP contribution in [0.15, 0.2) is 48.5 Å². The molecular weight excluding hydrogens is 255 g/mol. The minimum atomic E-state index is -0.326. The maximum absolute atomic E-state index is 12.7. The summed E-state index contributed by atoms with van der Waals surface area (Å²) >= 11 is 5.48. The van der Waals surface area contributed by atoms with E-state index in [9.17, 15) is 9.18 Å². The maximum atomic E-state index is 12.7. The van der Waals surface area contributed by atoms with Gasteiger partial charge in [-0.3, -0.25) is 4.79 Å². The molecule has 0 heterocycles. The monoisotopic (exact) mass is 264 g/mol. The second-order valence-electron chi connectivity index (χ2n) is 3.64. The number of hydrogen-bond donors (Lipinski definition) is 0. The molecule has 0 amide bonds. The van der Waals surface area contributed by atoms with E-state index in [-0.39, 0.29) is 17.5 Å². The number of carbonyl (C=O) groups is 1. The molecule has 18 heavy (non-hydrogen) atoms. The second kappa shape index (κ2) is 5.65. The molecule has 2 aromatic carbocycles. The van der Waals surface area contributed by atoms with Crippen LogP contribution in [0, 0.1) is 5.82 Å². The zero-order chi connectivity index (χ0) is 13.0. The Balaban J connectivity index is 2.19. The number of benzene rings is 2. The van der Waals surface area contributed by atoms with E-state index in [1.165, 1.54) is 24.3 Å². The average Bonchev–Trinajstić information content (AvgIpc) is 2.41. The van der Waals surface area contributed by atoms with Gasteiger partial charge in [-0.1, -0.05) is 12.1 Å². The highest BCUT2D eigenvalue weighted by Gasteiger charge is 2.05. The summed E-state index contributed by atoms with van der Waals surface area (Å²) in [5, 5.41) is 0. The molecule has 92 valence electrons. The van der Waals surface area contributed by atoms with Crippen LogP contribution in [0.1, 0.15) is 10.4 Å². The van der Waals surface area contributed by atoms with E-state index < -0.39 is 0 Å². The summed E-state index contributed by atoms with van der Waals surface area (Å²) in [5.41, 5.74) is 0.490. The average molecular weight is 265 g/mol. The van der Waals surface area contributed by atoms with Crippen LogP contribution in [0.3, 0.4) is 0 Å². The molecule has 0 bridgehead atoms. The Kier molecular flexibility index (Phi) is 3.95. The summed E-state index contributed by atoms with van der Waals surface area (Å²) in [6, 6.07) is 12.4. The summed E-state index contributed by atoms with van der Waals surface area (Å²) in [5.74, 6) is 0.457. The van der Waals surface area contributed by atoms with Crippen molar-refractivity contribution in [2.75, 3.05) is 5.88 Å². The lowest BCUT2D eigenvalue weighted by Crippen LogP contribution is -1.99. The van der Waals surface area contributed by atoms with E-state index >= 15 is 0 Å². The Hall–Kier alpha value is -1.87. The first-order valence-corrected chi connectivity index (χ1v) is 5.85. The summed E-state index contributed by atoms with van der Waals surface area (Å²) in [4.78, 5) is 11.4. The number of ether oxygens (including phenoxy) is 1. The van der Waals surface area contributed by atoms with Gasteiger partial charge < -0.3 is 4.74 Å². The SMILES string of the molecule is O=C(CCl)c1cccc(Oc2ccc(F)cc2)c1. The van der Waals surface area contributed by atoms with Gasteiger partial charge in [0, 0.05) is 5.56 Å². The predicted molar refractivity (Wildman–Crippen MR) is 68.0 cm³/mol. The minimum absolute atomic E-state index is 0.0694. The van der Waals surface area contributed by atoms with Gasteiger partial charge in [-0.25, -0.2) is 4.39 Å². The van der Waals surface area contributed by atoms with E-state index in [1.807, 2.05) is 0 Å². The minimum Gasteiger partial charge on any atom is -0.457 e. The molecule has 0 spiro atoms. The van der Waals surface area contributed by atoms with Crippen molar-refractivity contribution in [3.05, 3.63) is 59.9 Å². The van der Waals surface area contributed by atoms with Crippen molar-refractivity contribution in [1.29, 1.82) is 0 Å².